The lowest BCUT2D eigenvalue weighted by Gasteiger charge is -2.22. The summed E-state index contributed by atoms with van der Waals surface area (Å²) >= 11 is 0. The average Bonchev–Trinajstić information content (AvgIpc) is 3.52. The van der Waals surface area contributed by atoms with Crippen LogP contribution in [0.5, 0.6) is 0 Å². The maximum Gasteiger partial charge on any atom is 0.254 e. The topological polar surface area (TPSA) is 66.3 Å². The third kappa shape index (κ3) is 3.30. The maximum absolute atomic E-state index is 13.1. The highest BCUT2D eigenvalue weighted by atomic mass is 16.3. The molecule has 2 heterocycles. The van der Waals surface area contributed by atoms with Crippen LogP contribution in [0.1, 0.15) is 23.2 Å². The second kappa shape index (κ2) is 6.84. The smallest absolute Gasteiger partial charge is 0.254 e. The van der Waals surface area contributed by atoms with E-state index in [1.54, 1.807) is 24.3 Å². The largest absolute Gasteiger partial charge is 0.391 e. The summed E-state index contributed by atoms with van der Waals surface area (Å²) in [7, 11) is 1.74. The number of pyridine rings is 2. The van der Waals surface area contributed by atoms with Gasteiger partial charge in [0.25, 0.3) is 5.91 Å². The Bertz CT molecular complexity index is 938. The number of aliphatic hydroxyl groups is 1. The first kappa shape index (κ1) is 16.7. The van der Waals surface area contributed by atoms with Crippen LogP contribution < -0.4 is 0 Å². The Labute approximate surface area is 152 Å². The van der Waals surface area contributed by atoms with Crippen molar-refractivity contribution in [1.29, 1.82) is 0 Å². The van der Waals surface area contributed by atoms with Gasteiger partial charge in [-0.3, -0.25) is 9.78 Å². The summed E-state index contributed by atoms with van der Waals surface area (Å²) in [5, 5.41) is 11.0. The van der Waals surface area contributed by atoms with Gasteiger partial charge in [-0.1, -0.05) is 18.2 Å². The highest BCUT2D eigenvalue weighted by Crippen LogP contribution is 2.33. The zero-order chi connectivity index (χ0) is 18.1. The average molecular weight is 347 g/mol. The summed E-state index contributed by atoms with van der Waals surface area (Å²) in [6, 6.07) is 13.2. The van der Waals surface area contributed by atoms with E-state index < -0.39 is 6.10 Å². The third-order valence-electron chi connectivity index (χ3n) is 4.88. The zero-order valence-corrected chi connectivity index (χ0v) is 14.7. The van der Waals surface area contributed by atoms with Crippen molar-refractivity contribution in [2.24, 2.45) is 5.92 Å². The molecule has 1 amide bonds. The summed E-state index contributed by atoms with van der Waals surface area (Å²) in [6.45, 7) is 0.350. The molecule has 0 saturated heterocycles. The van der Waals surface area contributed by atoms with Gasteiger partial charge in [-0.05, 0) is 43.0 Å². The van der Waals surface area contributed by atoms with Crippen molar-refractivity contribution < 1.29 is 9.90 Å². The van der Waals surface area contributed by atoms with Gasteiger partial charge in [0.15, 0.2) is 0 Å². The van der Waals surface area contributed by atoms with Crippen LogP contribution in [-0.4, -0.2) is 45.6 Å². The Morgan fingerprint density at radius 3 is 2.81 bits per heavy atom. The van der Waals surface area contributed by atoms with Crippen LogP contribution >= 0.6 is 0 Å². The minimum Gasteiger partial charge on any atom is -0.391 e. The standard InChI is InChI=1S/C21H21N3O2/c1-24(13-20(25)14-8-9-14)21(26)17-11-19(15-5-4-10-22-12-15)23-18-7-3-2-6-16(17)18/h2-7,10-12,14,20,25H,8-9,13H2,1H3. The summed E-state index contributed by atoms with van der Waals surface area (Å²) in [5.41, 5.74) is 2.96. The molecule has 1 N–H and O–H groups in total. The number of likely N-dealkylation sites (N-methyl/N-ethyl adjacent to an activating group) is 1. The molecule has 1 fully saturated rings. The van der Waals surface area contributed by atoms with Gasteiger partial charge in [0.05, 0.1) is 22.9 Å². The van der Waals surface area contributed by atoms with Gasteiger partial charge in [-0.2, -0.15) is 0 Å². The first-order chi connectivity index (χ1) is 12.6. The minimum absolute atomic E-state index is 0.103. The molecule has 1 aliphatic carbocycles. The minimum atomic E-state index is -0.449. The van der Waals surface area contributed by atoms with Gasteiger partial charge in [-0.15, -0.1) is 0 Å². The Hall–Kier alpha value is -2.79. The van der Waals surface area contributed by atoms with Crippen LogP contribution in [0, 0.1) is 5.92 Å². The van der Waals surface area contributed by atoms with Crippen molar-refractivity contribution in [2.75, 3.05) is 13.6 Å². The van der Waals surface area contributed by atoms with Gasteiger partial charge >= 0.3 is 0 Å². The number of aliphatic hydroxyl groups excluding tert-OH is 1. The Morgan fingerprint density at radius 2 is 2.08 bits per heavy atom. The molecular formula is C21H21N3O2. The van der Waals surface area contributed by atoms with Gasteiger partial charge in [0.1, 0.15) is 0 Å². The lowest BCUT2D eigenvalue weighted by atomic mass is 10.0. The molecule has 26 heavy (non-hydrogen) atoms. The molecule has 132 valence electrons. The number of hydrogen-bond acceptors (Lipinski definition) is 4. The highest BCUT2D eigenvalue weighted by molar-refractivity contribution is 6.07. The van der Waals surface area contributed by atoms with E-state index in [2.05, 4.69) is 9.97 Å². The second-order valence-electron chi connectivity index (χ2n) is 6.90. The first-order valence-corrected chi connectivity index (χ1v) is 8.87. The quantitative estimate of drug-likeness (QED) is 0.770. The molecule has 4 rings (SSSR count). The number of carbonyl (C=O) groups excluding carboxylic acids is 1. The molecule has 0 spiro atoms. The highest BCUT2D eigenvalue weighted by Gasteiger charge is 2.31. The van der Waals surface area contributed by atoms with Crippen molar-refractivity contribution >= 4 is 16.8 Å². The van der Waals surface area contributed by atoms with Crippen LogP contribution in [0.3, 0.4) is 0 Å². The summed E-state index contributed by atoms with van der Waals surface area (Å²) < 4.78 is 0. The van der Waals surface area contributed by atoms with E-state index in [1.165, 1.54) is 0 Å². The number of aromatic nitrogens is 2. The maximum atomic E-state index is 13.1. The number of benzene rings is 1. The van der Waals surface area contributed by atoms with E-state index in [0.29, 0.717) is 18.0 Å². The number of carbonyl (C=O) groups is 1. The third-order valence-corrected chi connectivity index (χ3v) is 4.88. The van der Waals surface area contributed by atoms with Crippen molar-refractivity contribution in [3.05, 3.63) is 60.4 Å². The predicted molar refractivity (Wildman–Crippen MR) is 101 cm³/mol. The van der Waals surface area contributed by atoms with Crippen LogP contribution in [0.2, 0.25) is 0 Å². The monoisotopic (exact) mass is 347 g/mol. The molecule has 2 aromatic heterocycles. The van der Waals surface area contributed by atoms with Gasteiger partial charge in [0, 0.05) is 36.9 Å². The first-order valence-electron chi connectivity index (χ1n) is 8.87. The lowest BCUT2D eigenvalue weighted by Crippen LogP contribution is -2.35. The van der Waals surface area contributed by atoms with E-state index in [4.69, 9.17) is 0 Å². The van der Waals surface area contributed by atoms with Crippen LogP contribution in [-0.2, 0) is 0 Å². The number of rotatable bonds is 5. The molecule has 1 atom stereocenters. The Balaban J connectivity index is 1.73. The van der Waals surface area contributed by atoms with Gasteiger partial charge < -0.3 is 10.0 Å². The molecule has 0 bridgehead atoms. The van der Waals surface area contributed by atoms with E-state index >= 15 is 0 Å². The van der Waals surface area contributed by atoms with Crippen LogP contribution in [0.4, 0.5) is 0 Å². The normalized spacial score (nSPS) is 15.0. The summed E-state index contributed by atoms with van der Waals surface area (Å²) in [5.74, 6) is 0.235. The molecular weight excluding hydrogens is 326 g/mol. The summed E-state index contributed by atoms with van der Waals surface area (Å²) in [6.07, 6.45) is 5.10. The number of hydrogen-bond donors (Lipinski definition) is 1. The Kier molecular flexibility index (Phi) is 4.39. The lowest BCUT2D eigenvalue weighted by molar-refractivity contribution is 0.0647. The second-order valence-corrected chi connectivity index (χ2v) is 6.90. The molecule has 1 saturated carbocycles. The fourth-order valence-corrected chi connectivity index (χ4v) is 3.21. The van der Waals surface area contributed by atoms with Gasteiger partial charge in [-0.25, -0.2) is 4.98 Å². The fourth-order valence-electron chi connectivity index (χ4n) is 3.21. The van der Waals surface area contributed by atoms with Crippen LogP contribution in [0.15, 0.2) is 54.9 Å². The van der Waals surface area contributed by atoms with E-state index in [-0.39, 0.29) is 5.91 Å². The van der Waals surface area contributed by atoms with Crippen molar-refractivity contribution in [2.45, 2.75) is 18.9 Å². The van der Waals surface area contributed by atoms with Crippen molar-refractivity contribution in [3.63, 3.8) is 0 Å². The molecule has 0 aliphatic heterocycles. The molecule has 1 aromatic carbocycles. The number of fused-ring (bicyclic) bond motifs is 1. The zero-order valence-electron chi connectivity index (χ0n) is 14.7. The van der Waals surface area contributed by atoms with Gasteiger partial charge in [0.2, 0.25) is 0 Å². The Morgan fingerprint density at radius 1 is 1.27 bits per heavy atom. The van der Waals surface area contributed by atoms with Crippen molar-refractivity contribution in [1.82, 2.24) is 14.9 Å². The number of para-hydroxylation sites is 1. The number of nitrogens with zero attached hydrogens (tertiary/aromatic N) is 3. The van der Waals surface area contributed by atoms with E-state index in [1.807, 2.05) is 42.5 Å². The van der Waals surface area contributed by atoms with Crippen LogP contribution in [0.25, 0.3) is 22.2 Å². The predicted octanol–water partition coefficient (Wildman–Crippen LogP) is 3.14. The van der Waals surface area contributed by atoms with Crippen molar-refractivity contribution in [3.8, 4) is 11.3 Å². The molecule has 0 radical (unpaired) electrons. The fraction of sp³-hybridized carbons (Fsp3) is 0.286. The number of amides is 1. The molecule has 5 nitrogen and oxygen atoms in total. The van der Waals surface area contributed by atoms with E-state index in [9.17, 15) is 9.90 Å². The molecule has 5 heteroatoms. The SMILES string of the molecule is CN(CC(O)C1CC1)C(=O)c1cc(-c2cccnc2)nc2ccccc12. The summed E-state index contributed by atoms with van der Waals surface area (Å²) in [4.78, 5) is 23.5. The van der Waals surface area contributed by atoms with E-state index in [0.717, 1.165) is 35.0 Å². The molecule has 1 unspecified atom stereocenters. The molecule has 1 aliphatic rings. The molecule has 3 aromatic rings.